The summed E-state index contributed by atoms with van der Waals surface area (Å²) >= 11 is 0. The molecular formula is C21H24N4O2. The molecule has 0 unspecified atom stereocenters. The molecule has 2 fully saturated rings. The van der Waals surface area contributed by atoms with Crippen LogP contribution in [0.5, 0.6) is 11.8 Å². The SMILES string of the molecule is C[C@H]1C[C@@H]1NC(=O)N1CCC(=Cc2cccc(Oc3ncccn3)c2)CC1. The molecule has 6 heteroatoms. The van der Waals surface area contributed by atoms with Crippen molar-refractivity contribution < 1.29 is 9.53 Å². The van der Waals surface area contributed by atoms with Crippen molar-refractivity contribution in [1.29, 1.82) is 0 Å². The predicted octanol–water partition coefficient (Wildman–Crippen LogP) is 3.87. The topological polar surface area (TPSA) is 67.4 Å². The highest BCUT2D eigenvalue weighted by atomic mass is 16.5. The highest BCUT2D eigenvalue weighted by molar-refractivity contribution is 5.75. The molecule has 2 heterocycles. The smallest absolute Gasteiger partial charge is 0.321 e. The number of nitrogens with one attached hydrogen (secondary N) is 1. The van der Waals surface area contributed by atoms with E-state index in [1.165, 1.54) is 5.57 Å². The number of piperidine rings is 1. The average Bonchev–Trinajstić information content (AvgIpc) is 3.38. The molecule has 1 saturated heterocycles. The number of benzene rings is 1. The van der Waals surface area contributed by atoms with E-state index in [1.807, 2.05) is 23.1 Å². The molecular weight excluding hydrogens is 340 g/mol. The first-order valence-corrected chi connectivity index (χ1v) is 9.47. The Bertz CT molecular complexity index is 827. The molecule has 6 nitrogen and oxygen atoms in total. The molecule has 0 radical (unpaired) electrons. The zero-order valence-corrected chi connectivity index (χ0v) is 15.5. The lowest BCUT2D eigenvalue weighted by atomic mass is 10.0. The summed E-state index contributed by atoms with van der Waals surface area (Å²) in [6, 6.07) is 10.5. The molecule has 2 aliphatic rings. The minimum atomic E-state index is 0.0849. The number of amides is 2. The summed E-state index contributed by atoms with van der Waals surface area (Å²) in [7, 11) is 0. The first-order chi connectivity index (χ1) is 13.2. The summed E-state index contributed by atoms with van der Waals surface area (Å²) in [4.78, 5) is 22.3. The molecule has 1 saturated carbocycles. The Kier molecular flexibility index (Phi) is 5.05. The number of carbonyl (C=O) groups is 1. The van der Waals surface area contributed by atoms with Gasteiger partial charge in [0.1, 0.15) is 5.75 Å². The van der Waals surface area contributed by atoms with Gasteiger partial charge >= 0.3 is 12.0 Å². The predicted molar refractivity (Wildman–Crippen MR) is 103 cm³/mol. The number of hydrogen-bond acceptors (Lipinski definition) is 4. The van der Waals surface area contributed by atoms with Gasteiger partial charge in [-0.1, -0.05) is 30.7 Å². The van der Waals surface area contributed by atoms with Gasteiger partial charge in [0, 0.05) is 31.5 Å². The Balaban J connectivity index is 1.34. The number of carbonyl (C=O) groups excluding carboxylic acids is 1. The van der Waals surface area contributed by atoms with E-state index < -0.39 is 0 Å². The van der Waals surface area contributed by atoms with E-state index in [2.05, 4.69) is 34.4 Å². The summed E-state index contributed by atoms with van der Waals surface area (Å²) in [5, 5.41) is 3.11. The molecule has 1 aliphatic heterocycles. The Morgan fingerprint density at radius 2 is 1.96 bits per heavy atom. The fraction of sp³-hybridized carbons (Fsp3) is 0.381. The molecule has 1 aromatic carbocycles. The van der Waals surface area contributed by atoms with E-state index >= 15 is 0 Å². The van der Waals surface area contributed by atoms with Crippen LogP contribution in [0.2, 0.25) is 0 Å². The molecule has 2 aromatic rings. The monoisotopic (exact) mass is 364 g/mol. The van der Waals surface area contributed by atoms with E-state index in [4.69, 9.17) is 4.74 Å². The van der Waals surface area contributed by atoms with Gasteiger partial charge in [-0.05, 0) is 48.9 Å². The third-order valence-electron chi connectivity index (χ3n) is 5.09. The summed E-state index contributed by atoms with van der Waals surface area (Å²) < 4.78 is 5.70. The average molecular weight is 364 g/mol. The summed E-state index contributed by atoms with van der Waals surface area (Å²) in [5.41, 5.74) is 2.44. The lowest BCUT2D eigenvalue weighted by molar-refractivity contribution is 0.193. The van der Waals surface area contributed by atoms with E-state index in [0.29, 0.717) is 23.7 Å². The molecule has 0 bridgehead atoms. The van der Waals surface area contributed by atoms with Gasteiger partial charge in [0.2, 0.25) is 0 Å². The fourth-order valence-electron chi connectivity index (χ4n) is 3.26. The minimum absolute atomic E-state index is 0.0849. The van der Waals surface area contributed by atoms with Gasteiger partial charge < -0.3 is 15.0 Å². The lowest BCUT2D eigenvalue weighted by Crippen LogP contribution is -2.44. The molecule has 2 amide bonds. The van der Waals surface area contributed by atoms with Crippen LogP contribution in [0.25, 0.3) is 6.08 Å². The number of nitrogens with zero attached hydrogens (tertiary/aromatic N) is 3. The van der Waals surface area contributed by atoms with Gasteiger partial charge in [-0.2, -0.15) is 0 Å². The van der Waals surface area contributed by atoms with Crippen molar-refractivity contribution in [3.8, 4) is 11.8 Å². The normalized spacial score (nSPS) is 21.5. The quantitative estimate of drug-likeness (QED) is 0.894. The summed E-state index contributed by atoms with van der Waals surface area (Å²) in [6.07, 6.45) is 8.42. The van der Waals surface area contributed by atoms with Crippen LogP contribution in [-0.4, -0.2) is 40.0 Å². The van der Waals surface area contributed by atoms with Gasteiger partial charge in [-0.15, -0.1) is 0 Å². The van der Waals surface area contributed by atoms with E-state index in [9.17, 15) is 4.79 Å². The summed E-state index contributed by atoms with van der Waals surface area (Å²) in [5.74, 6) is 1.34. The summed E-state index contributed by atoms with van der Waals surface area (Å²) in [6.45, 7) is 3.71. The van der Waals surface area contributed by atoms with E-state index in [-0.39, 0.29) is 6.03 Å². The van der Waals surface area contributed by atoms with Gasteiger partial charge in [0.15, 0.2) is 0 Å². The first-order valence-electron chi connectivity index (χ1n) is 9.47. The fourth-order valence-corrected chi connectivity index (χ4v) is 3.26. The minimum Gasteiger partial charge on any atom is -0.424 e. The highest BCUT2D eigenvalue weighted by Crippen LogP contribution is 2.29. The highest BCUT2D eigenvalue weighted by Gasteiger charge is 2.35. The van der Waals surface area contributed by atoms with Crippen LogP contribution in [0.15, 0.2) is 48.3 Å². The maximum Gasteiger partial charge on any atom is 0.321 e. The van der Waals surface area contributed by atoms with Crippen LogP contribution in [0.1, 0.15) is 31.7 Å². The maximum atomic E-state index is 12.2. The van der Waals surface area contributed by atoms with Crippen LogP contribution in [-0.2, 0) is 0 Å². The van der Waals surface area contributed by atoms with Crippen molar-refractivity contribution in [2.45, 2.75) is 32.2 Å². The second-order valence-electron chi connectivity index (χ2n) is 7.26. The number of hydrogen-bond donors (Lipinski definition) is 1. The van der Waals surface area contributed by atoms with Crippen molar-refractivity contribution in [3.63, 3.8) is 0 Å². The van der Waals surface area contributed by atoms with Gasteiger partial charge in [-0.3, -0.25) is 0 Å². The lowest BCUT2D eigenvalue weighted by Gasteiger charge is -2.28. The Morgan fingerprint density at radius 3 is 2.67 bits per heavy atom. The molecule has 2 atom stereocenters. The Morgan fingerprint density at radius 1 is 1.22 bits per heavy atom. The molecule has 1 N–H and O–H groups in total. The van der Waals surface area contributed by atoms with Gasteiger partial charge in [0.25, 0.3) is 0 Å². The van der Waals surface area contributed by atoms with E-state index in [1.54, 1.807) is 18.5 Å². The number of urea groups is 1. The van der Waals surface area contributed by atoms with Crippen LogP contribution in [0.3, 0.4) is 0 Å². The zero-order chi connectivity index (χ0) is 18.6. The van der Waals surface area contributed by atoms with Crippen LogP contribution in [0.4, 0.5) is 4.79 Å². The number of ether oxygens (including phenoxy) is 1. The number of aromatic nitrogens is 2. The zero-order valence-electron chi connectivity index (χ0n) is 15.5. The van der Waals surface area contributed by atoms with Crippen molar-refractivity contribution in [2.24, 2.45) is 5.92 Å². The van der Waals surface area contributed by atoms with Gasteiger partial charge in [0.05, 0.1) is 0 Å². The van der Waals surface area contributed by atoms with Crippen molar-refractivity contribution in [2.75, 3.05) is 13.1 Å². The largest absolute Gasteiger partial charge is 0.424 e. The third-order valence-corrected chi connectivity index (χ3v) is 5.09. The van der Waals surface area contributed by atoms with Crippen LogP contribution in [0, 0.1) is 5.92 Å². The van der Waals surface area contributed by atoms with Gasteiger partial charge in [-0.25, -0.2) is 14.8 Å². The van der Waals surface area contributed by atoms with Crippen molar-refractivity contribution in [3.05, 3.63) is 53.9 Å². The van der Waals surface area contributed by atoms with E-state index in [0.717, 1.165) is 37.9 Å². The maximum absolute atomic E-state index is 12.2. The Hall–Kier alpha value is -2.89. The molecule has 0 spiro atoms. The van der Waals surface area contributed by atoms with Crippen LogP contribution >= 0.6 is 0 Å². The van der Waals surface area contributed by atoms with Crippen molar-refractivity contribution >= 4 is 12.1 Å². The second-order valence-corrected chi connectivity index (χ2v) is 7.26. The molecule has 1 aliphatic carbocycles. The van der Waals surface area contributed by atoms with Crippen LogP contribution < -0.4 is 10.1 Å². The molecule has 27 heavy (non-hydrogen) atoms. The van der Waals surface area contributed by atoms with Crippen molar-refractivity contribution in [1.82, 2.24) is 20.2 Å². The standard InChI is InChI=1S/C21H24N4O2/c1-15-12-19(15)24-21(26)25-10-6-16(7-11-25)13-17-4-2-5-18(14-17)27-20-22-8-3-9-23-20/h2-5,8-9,13-15,19H,6-7,10-12H2,1H3,(H,24,26)/t15-,19-/m0/s1. The number of likely N-dealkylation sites (tertiary alicyclic amines) is 1. The molecule has 4 rings (SSSR count). The first kappa shape index (κ1) is 17.5. The Labute approximate surface area is 159 Å². The third kappa shape index (κ3) is 4.64. The molecule has 1 aromatic heterocycles. The second kappa shape index (κ2) is 7.78. The number of rotatable bonds is 4. The molecule has 140 valence electrons.